The van der Waals surface area contributed by atoms with Crippen molar-refractivity contribution in [1.29, 1.82) is 0 Å². The first-order chi connectivity index (χ1) is 24.3. The summed E-state index contributed by atoms with van der Waals surface area (Å²) >= 11 is 0. The van der Waals surface area contributed by atoms with Crippen molar-refractivity contribution in [2.24, 2.45) is 11.8 Å². The summed E-state index contributed by atoms with van der Waals surface area (Å²) in [4.78, 5) is 40.0. The molecule has 0 spiro atoms. The van der Waals surface area contributed by atoms with Crippen molar-refractivity contribution in [2.75, 3.05) is 27.3 Å². The Morgan fingerprint density at radius 2 is 0.960 bits per heavy atom. The molecule has 0 atom stereocenters. The molecule has 0 aromatic heterocycles. The van der Waals surface area contributed by atoms with Crippen molar-refractivity contribution in [3.8, 4) is 0 Å². The van der Waals surface area contributed by atoms with Crippen molar-refractivity contribution < 1.29 is 23.9 Å². The van der Waals surface area contributed by atoms with Crippen LogP contribution in [0.3, 0.4) is 0 Å². The average molecular weight is 681 g/mol. The number of Topliss-reactive ketones (excluding diaryl/α,β-unsaturated/α-hetero) is 1. The van der Waals surface area contributed by atoms with Gasteiger partial charge in [-0.1, -0.05) is 137 Å². The van der Waals surface area contributed by atoms with Crippen molar-refractivity contribution >= 4 is 17.6 Å². The van der Waals surface area contributed by atoms with Gasteiger partial charge in [0.05, 0.1) is 24.9 Å². The second-order valence-corrected chi connectivity index (χ2v) is 13.5. The number of hydrogen-bond donors (Lipinski definition) is 2. The molecule has 268 valence electrons. The molecule has 50 heavy (non-hydrogen) atoms. The van der Waals surface area contributed by atoms with Crippen molar-refractivity contribution in [1.82, 2.24) is 10.6 Å². The van der Waals surface area contributed by atoms with Crippen molar-refractivity contribution in [3.63, 3.8) is 0 Å². The molecule has 7 nitrogen and oxygen atoms in total. The molecule has 4 rings (SSSR count). The number of unbranched alkanes of at least 4 members (excludes halogenated alkanes) is 6. The van der Waals surface area contributed by atoms with Crippen molar-refractivity contribution in [2.45, 2.75) is 89.3 Å². The Hall–Kier alpha value is -4.07. The Labute approximate surface area is 299 Å². The molecule has 0 radical (unpaired) electrons. The fourth-order valence-corrected chi connectivity index (χ4v) is 6.59. The van der Waals surface area contributed by atoms with Gasteiger partial charge in [0.1, 0.15) is 11.2 Å². The monoisotopic (exact) mass is 680 g/mol. The topological polar surface area (TPSA) is 93.7 Å². The third kappa shape index (κ3) is 10.5. The zero-order valence-electron chi connectivity index (χ0n) is 30.4. The van der Waals surface area contributed by atoms with E-state index in [1.165, 1.54) is 25.7 Å². The van der Waals surface area contributed by atoms with E-state index in [0.29, 0.717) is 11.1 Å². The first kappa shape index (κ1) is 38.7. The molecule has 2 aliphatic rings. The van der Waals surface area contributed by atoms with Gasteiger partial charge in [0.2, 0.25) is 0 Å². The predicted octanol–water partition coefficient (Wildman–Crippen LogP) is 7.92. The van der Waals surface area contributed by atoms with Crippen LogP contribution in [0.4, 0.5) is 0 Å². The van der Waals surface area contributed by atoms with Crippen LogP contribution in [-0.4, -0.2) is 56.1 Å². The van der Waals surface area contributed by atoms with Crippen LogP contribution in [0.1, 0.15) is 97.1 Å². The molecule has 2 aliphatic carbocycles. The third-order valence-corrected chi connectivity index (χ3v) is 9.93. The molecule has 2 aromatic carbocycles. The first-order valence-corrected chi connectivity index (χ1v) is 18.4. The zero-order chi connectivity index (χ0) is 35.8. The molecule has 0 aliphatic heterocycles. The second kappa shape index (κ2) is 19.4. The van der Waals surface area contributed by atoms with Gasteiger partial charge in [-0.15, -0.1) is 0 Å². The van der Waals surface area contributed by atoms with Crippen LogP contribution in [0.5, 0.6) is 0 Å². The number of rotatable bonds is 20. The van der Waals surface area contributed by atoms with Crippen LogP contribution >= 0.6 is 0 Å². The van der Waals surface area contributed by atoms with Gasteiger partial charge in [-0.2, -0.15) is 0 Å². The van der Waals surface area contributed by atoms with E-state index >= 15 is 0 Å². The Balaban J connectivity index is 1.31. The van der Waals surface area contributed by atoms with Crippen LogP contribution < -0.4 is 10.6 Å². The van der Waals surface area contributed by atoms with Crippen LogP contribution in [0.2, 0.25) is 0 Å². The minimum atomic E-state index is -0.849. The lowest BCUT2D eigenvalue weighted by molar-refractivity contribution is -0.121. The highest BCUT2D eigenvalue weighted by Crippen LogP contribution is 2.29. The lowest BCUT2D eigenvalue weighted by atomic mass is 9.82. The third-order valence-electron chi connectivity index (χ3n) is 9.93. The van der Waals surface area contributed by atoms with Gasteiger partial charge in [-0.05, 0) is 48.9 Å². The summed E-state index contributed by atoms with van der Waals surface area (Å²) in [6.07, 6.45) is 25.8. The minimum absolute atomic E-state index is 0.0153. The number of allylic oxidation sites excluding steroid dienone is 4. The smallest absolute Gasteiger partial charge is 0.251 e. The summed E-state index contributed by atoms with van der Waals surface area (Å²) in [6, 6.07) is 15.5. The van der Waals surface area contributed by atoms with E-state index in [1.807, 2.05) is 97.1 Å². The van der Waals surface area contributed by atoms with Gasteiger partial charge in [-0.3, -0.25) is 14.4 Å². The number of carbonyl (C=O) groups excluding carboxylic acids is 3. The number of aryl methyl sites for hydroxylation is 2. The molecular formula is C43H56N2O5. The summed E-state index contributed by atoms with van der Waals surface area (Å²) in [7, 11) is 3.21. The number of nitrogens with one attached hydrogen (secondary N) is 2. The van der Waals surface area contributed by atoms with Gasteiger partial charge in [0.15, 0.2) is 5.78 Å². The van der Waals surface area contributed by atoms with Crippen LogP contribution in [0.25, 0.3) is 0 Å². The van der Waals surface area contributed by atoms with E-state index in [0.717, 1.165) is 49.7 Å². The molecule has 2 N–H and O–H groups in total. The van der Waals surface area contributed by atoms with E-state index in [-0.39, 0.29) is 30.7 Å². The highest BCUT2D eigenvalue weighted by molar-refractivity contribution is 5.96. The SMILES string of the molecule is CCCCCCc1ccccc1C(=O)NCC1(OC)C=CC(C(=O)C2C=CC(CNC(=O)c3ccccc3CCCCCC)(OC)C=C2)C=C1. The maximum absolute atomic E-state index is 13.6. The van der Waals surface area contributed by atoms with Crippen LogP contribution in [-0.2, 0) is 27.1 Å². The molecule has 0 heterocycles. The summed E-state index contributed by atoms with van der Waals surface area (Å²) in [5.41, 5.74) is 1.80. The predicted molar refractivity (Wildman–Crippen MR) is 201 cm³/mol. The summed E-state index contributed by atoms with van der Waals surface area (Å²) < 4.78 is 11.7. The standard InChI is InChI=1S/C43H56N2O5/c1-5-7-9-11-17-33-19-13-15-21-37(33)40(47)44-31-42(49-3)27-23-35(24-28-42)39(46)36-25-29-43(50-4,30-26-36)32-45-41(48)38-22-16-14-20-34(38)18-12-10-8-6-2/h13-16,19-30,35-36H,5-12,17-18,31-32H2,1-4H3,(H,44,47)(H,45,48). The van der Waals surface area contributed by atoms with Gasteiger partial charge in [0, 0.05) is 25.3 Å². The van der Waals surface area contributed by atoms with Crippen LogP contribution in [0, 0.1) is 11.8 Å². The van der Waals surface area contributed by atoms with E-state index in [4.69, 9.17) is 9.47 Å². The normalized spacial score (nSPS) is 22.4. The molecule has 0 fully saturated rings. The van der Waals surface area contributed by atoms with E-state index in [1.54, 1.807) is 14.2 Å². The molecule has 0 saturated heterocycles. The van der Waals surface area contributed by atoms with Crippen LogP contribution in [0.15, 0.2) is 97.1 Å². The zero-order valence-corrected chi connectivity index (χ0v) is 30.4. The minimum Gasteiger partial charge on any atom is -0.368 e. The van der Waals surface area contributed by atoms with Crippen molar-refractivity contribution in [3.05, 3.63) is 119 Å². The Morgan fingerprint density at radius 1 is 0.580 bits per heavy atom. The first-order valence-electron chi connectivity index (χ1n) is 18.4. The summed E-state index contributed by atoms with van der Waals surface area (Å²) in [5, 5.41) is 6.11. The number of ketones is 1. The average Bonchev–Trinajstić information content (AvgIpc) is 3.16. The lowest BCUT2D eigenvalue weighted by Crippen LogP contribution is -2.44. The molecule has 7 heteroatoms. The molecular weight excluding hydrogens is 624 g/mol. The van der Waals surface area contributed by atoms with E-state index in [9.17, 15) is 14.4 Å². The number of methoxy groups -OCH3 is 2. The molecule has 2 aromatic rings. The highest BCUT2D eigenvalue weighted by atomic mass is 16.5. The lowest BCUT2D eigenvalue weighted by Gasteiger charge is -2.32. The second-order valence-electron chi connectivity index (χ2n) is 13.5. The Kier molecular flexibility index (Phi) is 15.0. The van der Waals surface area contributed by atoms with Gasteiger partial charge in [-0.25, -0.2) is 0 Å². The fraction of sp³-hybridized carbons (Fsp3) is 0.465. The van der Waals surface area contributed by atoms with E-state index in [2.05, 4.69) is 24.5 Å². The van der Waals surface area contributed by atoms with Gasteiger partial charge < -0.3 is 20.1 Å². The number of ether oxygens (including phenoxy) is 2. The molecule has 0 saturated carbocycles. The Morgan fingerprint density at radius 3 is 1.32 bits per heavy atom. The summed E-state index contributed by atoms with van der Waals surface area (Å²) in [6.45, 7) is 4.87. The van der Waals surface area contributed by atoms with Gasteiger partial charge in [0.25, 0.3) is 11.8 Å². The number of carbonyl (C=O) groups is 3. The largest absolute Gasteiger partial charge is 0.368 e. The quantitative estimate of drug-likeness (QED) is 0.110. The molecule has 0 unspecified atom stereocenters. The Bertz CT molecular complexity index is 1410. The summed E-state index contributed by atoms with van der Waals surface area (Å²) in [5.74, 6) is -1.13. The highest BCUT2D eigenvalue weighted by Gasteiger charge is 2.34. The molecule has 0 bridgehead atoms. The maximum Gasteiger partial charge on any atom is 0.251 e. The van der Waals surface area contributed by atoms with E-state index < -0.39 is 23.0 Å². The number of benzene rings is 2. The fourth-order valence-electron chi connectivity index (χ4n) is 6.59. The van der Waals surface area contributed by atoms with Gasteiger partial charge >= 0.3 is 0 Å². The molecule has 2 amide bonds. The number of amides is 2. The maximum atomic E-state index is 13.6. The number of hydrogen-bond acceptors (Lipinski definition) is 5.